The summed E-state index contributed by atoms with van der Waals surface area (Å²) in [5, 5.41) is 0.657. The molecule has 158 valence electrons. The summed E-state index contributed by atoms with van der Waals surface area (Å²) in [6, 6.07) is 23.0. The Bertz CT molecular complexity index is 1280. The third-order valence-electron chi connectivity index (χ3n) is 5.59. The number of carbonyl (C=O) groups is 1. The predicted molar refractivity (Wildman–Crippen MR) is 123 cm³/mol. The minimum Gasteiger partial charge on any atom is -0.334 e. The summed E-state index contributed by atoms with van der Waals surface area (Å²) in [6.45, 7) is 0.936. The summed E-state index contributed by atoms with van der Waals surface area (Å²) in [6.07, 6.45) is 0.616. The van der Waals surface area contributed by atoms with E-state index in [0.29, 0.717) is 35.9 Å². The zero-order chi connectivity index (χ0) is 22.1. The van der Waals surface area contributed by atoms with Crippen molar-refractivity contribution in [2.24, 2.45) is 0 Å². The Morgan fingerprint density at radius 1 is 0.875 bits per heavy atom. The molecule has 4 nitrogen and oxygen atoms in total. The fourth-order valence-corrected chi connectivity index (χ4v) is 4.05. The lowest BCUT2D eigenvalue weighted by Crippen LogP contribution is -2.37. The van der Waals surface area contributed by atoms with Crippen molar-refractivity contribution in [1.82, 2.24) is 14.9 Å². The van der Waals surface area contributed by atoms with E-state index >= 15 is 0 Å². The van der Waals surface area contributed by atoms with Gasteiger partial charge in [0.15, 0.2) is 5.82 Å². The minimum absolute atomic E-state index is 0.128. The largest absolute Gasteiger partial charge is 0.334 e. The molecule has 0 aliphatic carbocycles. The number of hydrogen-bond donors (Lipinski definition) is 0. The van der Waals surface area contributed by atoms with Crippen LogP contribution in [0.5, 0.6) is 0 Å². The van der Waals surface area contributed by atoms with Crippen molar-refractivity contribution in [3.05, 3.63) is 107 Å². The van der Waals surface area contributed by atoms with Crippen molar-refractivity contribution in [1.29, 1.82) is 0 Å². The van der Waals surface area contributed by atoms with E-state index in [2.05, 4.69) is 0 Å². The van der Waals surface area contributed by atoms with Gasteiger partial charge in [0.25, 0.3) is 5.91 Å². The third kappa shape index (κ3) is 3.99. The normalized spacial score (nSPS) is 13.0. The van der Waals surface area contributed by atoms with E-state index in [4.69, 9.17) is 21.6 Å². The monoisotopic (exact) mass is 443 g/mol. The van der Waals surface area contributed by atoms with Crippen LogP contribution >= 0.6 is 11.6 Å². The highest BCUT2D eigenvalue weighted by Crippen LogP contribution is 2.31. The van der Waals surface area contributed by atoms with Crippen molar-refractivity contribution < 1.29 is 9.18 Å². The molecule has 0 bridgehead atoms. The van der Waals surface area contributed by atoms with E-state index in [1.54, 1.807) is 4.90 Å². The Balaban J connectivity index is 1.56. The van der Waals surface area contributed by atoms with Crippen LogP contribution in [0, 0.1) is 5.82 Å². The zero-order valence-corrected chi connectivity index (χ0v) is 17.9. The zero-order valence-electron chi connectivity index (χ0n) is 17.1. The van der Waals surface area contributed by atoms with Crippen LogP contribution in [0.15, 0.2) is 78.9 Å². The van der Waals surface area contributed by atoms with Gasteiger partial charge in [-0.1, -0.05) is 41.9 Å². The SMILES string of the molecule is O=C(c1ccc(F)cc1)N1CCc2nc(-c3ccc(Cl)cc3)nc(-c3ccccc3)c2C1. The van der Waals surface area contributed by atoms with Crippen LogP contribution < -0.4 is 0 Å². The number of nitrogens with zero attached hydrogens (tertiary/aromatic N) is 3. The number of carbonyl (C=O) groups excluding carboxylic acids is 1. The third-order valence-corrected chi connectivity index (χ3v) is 5.84. The molecule has 0 fully saturated rings. The van der Waals surface area contributed by atoms with Crippen LogP contribution in [0.1, 0.15) is 21.6 Å². The molecule has 0 spiro atoms. The molecule has 1 aliphatic heterocycles. The first-order chi connectivity index (χ1) is 15.6. The second kappa shape index (κ2) is 8.52. The molecule has 6 heteroatoms. The van der Waals surface area contributed by atoms with Crippen LogP contribution in [0.2, 0.25) is 5.02 Å². The van der Waals surface area contributed by atoms with Gasteiger partial charge in [-0.05, 0) is 48.5 Å². The Kier molecular flexibility index (Phi) is 5.41. The van der Waals surface area contributed by atoms with Crippen LogP contribution in [0.4, 0.5) is 4.39 Å². The van der Waals surface area contributed by atoms with E-state index < -0.39 is 0 Å². The summed E-state index contributed by atoms with van der Waals surface area (Å²) in [7, 11) is 0. The number of amides is 1. The van der Waals surface area contributed by atoms with Gasteiger partial charge in [0.1, 0.15) is 5.82 Å². The molecule has 1 aromatic heterocycles. The van der Waals surface area contributed by atoms with Gasteiger partial charge in [-0.3, -0.25) is 4.79 Å². The molecule has 2 heterocycles. The van der Waals surface area contributed by atoms with Gasteiger partial charge in [0.2, 0.25) is 0 Å². The molecule has 0 atom stereocenters. The average molecular weight is 444 g/mol. The minimum atomic E-state index is -0.361. The predicted octanol–water partition coefficient (Wildman–Crippen LogP) is 5.80. The second-order valence-electron chi connectivity index (χ2n) is 7.68. The lowest BCUT2D eigenvalue weighted by molar-refractivity contribution is 0.0733. The fraction of sp³-hybridized carbons (Fsp3) is 0.115. The number of halogens is 2. The molecule has 32 heavy (non-hydrogen) atoms. The lowest BCUT2D eigenvalue weighted by Gasteiger charge is -2.30. The topological polar surface area (TPSA) is 46.1 Å². The van der Waals surface area contributed by atoms with Crippen LogP contribution in [0.25, 0.3) is 22.6 Å². The summed E-state index contributed by atoms with van der Waals surface area (Å²) in [5.74, 6) is 0.147. The fourth-order valence-electron chi connectivity index (χ4n) is 3.93. The van der Waals surface area contributed by atoms with Crippen LogP contribution in [-0.2, 0) is 13.0 Å². The first-order valence-corrected chi connectivity index (χ1v) is 10.7. The standard InChI is InChI=1S/C26H19ClFN3O/c27-20-10-6-18(7-11-20)25-29-23-14-15-31(26(32)19-8-12-21(28)13-9-19)16-22(23)24(30-25)17-4-2-1-3-5-17/h1-13H,14-16H2. The van der Waals surface area contributed by atoms with Gasteiger partial charge < -0.3 is 4.90 Å². The highest BCUT2D eigenvalue weighted by molar-refractivity contribution is 6.30. The number of rotatable bonds is 3. The van der Waals surface area contributed by atoms with Crippen molar-refractivity contribution in [3.8, 4) is 22.6 Å². The molecule has 1 amide bonds. The molecule has 5 rings (SSSR count). The van der Waals surface area contributed by atoms with Crippen molar-refractivity contribution >= 4 is 17.5 Å². The van der Waals surface area contributed by atoms with Gasteiger partial charge in [-0.25, -0.2) is 14.4 Å². The molecule has 1 aliphatic rings. The molecule has 0 radical (unpaired) electrons. The highest BCUT2D eigenvalue weighted by atomic mass is 35.5. The van der Waals surface area contributed by atoms with E-state index in [0.717, 1.165) is 28.1 Å². The summed E-state index contributed by atoms with van der Waals surface area (Å²) >= 11 is 6.05. The van der Waals surface area contributed by atoms with E-state index in [1.165, 1.54) is 24.3 Å². The maximum atomic E-state index is 13.3. The molecule has 0 N–H and O–H groups in total. The quantitative estimate of drug-likeness (QED) is 0.402. The van der Waals surface area contributed by atoms with E-state index in [1.807, 2.05) is 54.6 Å². The molecule has 0 unspecified atom stereocenters. The first kappa shape index (κ1) is 20.3. The molecule has 0 saturated carbocycles. The van der Waals surface area contributed by atoms with Gasteiger partial charge in [0.05, 0.1) is 11.4 Å². The number of aromatic nitrogens is 2. The Labute approximate surface area is 190 Å². The van der Waals surface area contributed by atoms with Crippen molar-refractivity contribution in [3.63, 3.8) is 0 Å². The Morgan fingerprint density at radius 2 is 1.59 bits per heavy atom. The Morgan fingerprint density at radius 3 is 2.31 bits per heavy atom. The van der Waals surface area contributed by atoms with Crippen LogP contribution in [-0.4, -0.2) is 27.3 Å². The second-order valence-corrected chi connectivity index (χ2v) is 8.11. The van der Waals surface area contributed by atoms with Crippen LogP contribution in [0.3, 0.4) is 0 Å². The van der Waals surface area contributed by atoms with Crippen molar-refractivity contribution in [2.45, 2.75) is 13.0 Å². The number of fused-ring (bicyclic) bond motifs is 1. The number of hydrogen-bond acceptors (Lipinski definition) is 3. The summed E-state index contributed by atoms with van der Waals surface area (Å²) < 4.78 is 13.3. The van der Waals surface area contributed by atoms with Crippen molar-refractivity contribution in [2.75, 3.05) is 6.54 Å². The molecule has 4 aromatic rings. The molecular weight excluding hydrogens is 425 g/mol. The molecular formula is C26H19ClFN3O. The average Bonchev–Trinajstić information content (AvgIpc) is 2.84. The van der Waals surface area contributed by atoms with Gasteiger partial charge in [-0.2, -0.15) is 0 Å². The molecule has 3 aromatic carbocycles. The highest BCUT2D eigenvalue weighted by Gasteiger charge is 2.27. The summed E-state index contributed by atoms with van der Waals surface area (Å²) in [4.78, 5) is 24.5. The maximum Gasteiger partial charge on any atom is 0.254 e. The van der Waals surface area contributed by atoms with E-state index in [9.17, 15) is 9.18 Å². The first-order valence-electron chi connectivity index (χ1n) is 10.3. The molecule has 0 saturated heterocycles. The van der Waals surface area contributed by atoms with E-state index in [-0.39, 0.29) is 11.7 Å². The van der Waals surface area contributed by atoms with Gasteiger partial charge in [-0.15, -0.1) is 0 Å². The maximum absolute atomic E-state index is 13.3. The Hall–Kier alpha value is -3.57. The number of benzene rings is 3. The smallest absolute Gasteiger partial charge is 0.254 e. The lowest BCUT2D eigenvalue weighted by atomic mass is 9.98. The van der Waals surface area contributed by atoms with Gasteiger partial charge >= 0.3 is 0 Å². The summed E-state index contributed by atoms with van der Waals surface area (Å²) in [5.41, 5.74) is 5.02. The van der Waals surface area contributed by atoms with Gasteiger partial charge in [0, 0.05) is 46.8 Å².